The monoisotopic (exact) mass is 249 g/mol. The first kappa shape index (κ1) is 14.9. The molecule has 0 aromatic heterocycles. The minimum Gasteiger partial charge on any atom is -0.569 e. The summed E-state index contributed by atoms with van der Waals surface area (Å²) in [4.78, 5) is 25.4. The molecule has 0 aliphatic carbocycles. The molecule has 0 aliphatic rings. The number of nitrogens with zero attached hydrogens (tertiary/aromatic N) is 3. The Balaban J connectivity index is 4.06. The Morgan fingerprint density at radius 1 is 1.59 bits per heavy atom. The van der Waals surface area contributed by atoms with Crippen LogP contribution >= 0.6 is 0 Å². The standard InChI is InChI=1S/C8H15N3O6/c1-6(12)16-7(2)17-9-11(15)10(3)5-4-8(13)14/h7H,4-5H2,1-3H3,(H,13,14)/b11-9-. The predicted molar refractivity (Wildman–Crippen MR) is 53.3 cm³/mol. The van der Waals surface area contributed by atoms with Crippen molar-refractivity contribution >= 4 is 11.9 Å². The number of carboxylic acids is 1. The van der Waals surface area contributed by atoms with Gasteiger partial charge >= 0.3 is 11.9 Å². The molecular formula is C8H15N3O6. The lowest BCUT2D eigenvalue weighted by atomic mass is 10.4. The van der Waals surface area contributed by atoms with Gasteiger partial charge in [0.05, 0.1) is 25.0 Å². The van der Waals surface area contributed by atoms with Crippen molar-refractivity contribution in [3.8, 4) is 0 Å². The van der Waals surface area contributed by atoms with Gasteiger partial charge in [0.15, 0.2) is 0 Å². The molecule has 0 amide bonds. The number of carbonyl (C=O) groups excluding carboxylic acids is 1. The number of hydrazine groups is 1. The third-order valence-corrected chi connectivity index (χ3v) is 1.54. The van der Waals surface area contributed by atoms with Crippen LogP contribution in [0.15, 0.2) is 5.28 Å². The number of carboxylic acid groups (broad SMARTS) is 1. The molecule has 9 heteroatoms. The van der Waals surface area contributed by atoms with E-state index in [1.165, 1.54) is 20.9 Å². The molecule has 0 aromatic carbocycles. The molecule has 17 heavy (non-hydrogen) atoms. The SMILES string of the molecule is CC(=O)OC(C)O/N=[N+](\[O-])N(C)CCC(=O)O. The van der Waals surface area contributed by atoms with E-state index in [1.54, 1.807) is 0 Å². The maximum Gasteiger partial charge on any atom is 0.305 e. The summed E-state index contributed by atoms with van der Waals surface area (Å²) in [6, 6.07) is 0. The third-order valence-electron chi connectivity index (χ3n) is 1.54. The summed E-state index contributed by atoms with van der Waals surface area (Å²) >= 11 is 0. The van der Waals surface area contributed by atoms with E-state index in [0.717, 1.165) is 5.01 Å². The van der Waals surface area contributed by atoms with Gasteiger partial charge in [-0.1, -0.05) is 0 Å². The average molecular weight is 249 g/mol. The minimum atomic E-state index is -1.03. The summed E-state index contributed by atoms with van der Waals surface area (Å²) in [7, 11) is 1.35. The van der Waals surface area contributed by atoms with E-state index >= 15 is 0 Å². The van der Waals surface area contributed by atoms with Crippen molar-refractivity contribution in [1.29, 1.82) is 0 Å². The number of ether oxygens (including phenoxy) is 1. The van der Waals surface area contributed by atoms with Crippen molar-refractivity contribution in [2.24, 2.45) is 5.28 Å². The maximum atomic E-state index is 11.2. The van der Waals surface area contributed by atoms with Crippen LogP contribution in [0.4, 0.5) is 0 Å². The zero-order valence-corrected chi connectivity index (χ0v) is 9.82. The number of esters is 1. The van der Waals surface area contributed by atoms with Gasteiger partial charge in [0.2, 0.25) is 5.28 Å². The summed E-state index contributed by atoms with van der Waals surface area (Å²) in [5, 5.41) is 23.6. The van der Waals surface area contributed by atoms with Crippen LogP contribution in [0.1, 0.15) is 20.3 Å². The molecule has 0 saturated carbocycles. The molecule has 9 nitrogen and oxygen atoms in total. The van der Waals surface area contributed by atoms with Crippen LogP contribution in [0.25, 0.3) is 0 Å². The summed E-state index contributed by atoms with van der Waals surface area (Å²) in [5.41, 5.74) is 0. The second kappa shape index (κ2) is 7.25. The number of hydrogen-bond acceptors (Lipinski definition) is 6. The molecule has 1 atom stereocenters. The summed E-state index contributed by atoms with van der Waals surface area (Å²) in [5.74, 6) is -1.59. The fraction of sp³-hybridized carbons (Fsp3) is 0.750. The van der Waals surface area contributed by atoms with Gasteiger partial charge in [-0.25, -0.2) is 0 Å². The smallest absolute Gasteiger partial charge is 0.305 e. The summed E-state index contributed by atoms with van der Waals surface area (Å²) in [6.07, 6.45) is -1.19. The number of hydrogen-bond donors (Lipinski definition) is 1. The van der Waals surface area contributed by atoms with E-state index in [1.807, 2.05) is 0 Å². The largest absolute Gasteiger partial charge is 0.569 e. The second-order valence-electron chi connectivity index (χ2n) is 3.14. The predicted octanol–water partition coefficient (Wildman–Crippen LogP) is 0.111. The molecule has 0 bridgehead atoms. The third kappa shape index (κ3) is 7.82. The van der Waals surface area contributed by atoms with Gasteiger partial charge in [0.1, 0.15) is 0 Å². The van der Waals surface area contributed by atoms with Crippen LogP contribution in [0.3, 0.4) is 0 Å². The van der Waals surface area contributed by atoms with Gasteiger partial charge in [0.25, 0.3) is 6.29 Å². The highest BCUT2D eigenvalue weighted by Gasteiger charge is 2.11. The normalized spacial score (nSPS) is 12.8. The zero-order chi connectivity index (χ0) is 13.4. The Kier molecular flexibility index (Phi) is 6.37. The molecule has 0 heterocycles. The zero-order valence-electron chi connectivity index (χ0n) is 9.82. The van der Waals surface area contributed by atoms with Crippen LogP contribution in [0.5, 0.6) is 0 Å². The molecule has 0 aliphatic heterocycles. The van der Waals surface area contributed by atoms with Crippen molar-refractivity contribution in [1.82, 2.24) is 5.01 Å². The fourth-order valence-electron chi connectivity index (χ4n) is 0.767. The Bertz CT molecular complexity index is 306. The molecule has 98 valence electrons. The molecular weight excluding hydrogens is 234 g/mol. The van der Waals surface area contributed by atoms with Crippen LogP contribution in [0, 0.1) is 5.21 Å². The number of carbonyl (C=O) groups is 2. The first-order valence-electron chi connectivity index (χ1n) is 4.77. The van der Waals surface area contributed by atoms with Gasteiger partial charge in [-0.2, -0.15) is 0 Å². The summed E-state index contributed by atoms with van der Waals surface area (Å²) in [6.45, 7) is 2.55. The van der Waals surface area contributed by atoms with Crippen molar-refractivity contribution in [2.45, 2.75) is 26.6 Å². The van der Waals surface area contributed by atoms with Crippen molar-refractivity contribution < 1.29 is 29.2 Å². The summed E-state index contributed by atoms with van der Waals surface area (Å²) < 4.78 is 4.55. The lowest BCUT2D eigenvalue weighted by Crippen LogP contribution is -2.29. The van der Waals surface area contributed by atoms with Gasteiger partial charge in [-0.05, 0) is 0 Å². The van der Waals surface area contributed by atoms with Gasteiger partial charge < -0.3 is 15.1 Å². The highest BCUT2D eigenvalue weighted by atomic mass is 16.8. The maximum absolute atomic E-state index is 11.2. The minimum absolute atomic E-state index is 0.0202. The van der Waals surface area contributed by atoms with Crippen LogP contribution in [0.2, 0.25) is 0 Å². The first-order valence-corrected chi connectivity index (χ1v) is 4.77. The number of rotatable bonds is 7. The molecule has 1 unspecified atom stereocenters. The molecule has 1 N–H and O–H groups in total. The van der Waals surface area contributed by atoms with Crippen molar-refractivity contribution in [3.05, 3.63) is 5.21 Å². The molecule has 0 saturated heterocycles. The van der Waals surface area contributed by atoms with Crippen molar-refractivity contribution in [2.75, 3.05) is 13.6 Å². The Labute approximate surface area is 97.7 Å². The van der Waals surface area contributed by atoms with Crippen molar-refractivity contribution in [3.63, 3.8) is 0 Å². The van der Waals surface area contributed by atoms with E-state index in [2.05, 4.69) is 14.9 Å². The molecule has 0 rings (SSSR count). The lowest BCUT2D eigenvalue weighted by molar-refractivity contribution is -0.707. The van der Waals surface area contributed by atoms with Gasteiger partial charge in [0, 0.05) is 13.8 Å². The fourth-order valence-corrected chi connectivity index (χ4v) is 0.767. The van der Waals surface area contributed by atoms with Gasteiger partial charge in [-0.15, -0.1) is 5.01 Å². The second-order valence-corrected chi connectivity index (χ2v) is 3.14. The molecule has 0 aromatic rings. The Hall–Kier alpha value is -2.06. The van der Waals surface area contributed by atoms with E-state index in [-0.39, 0.29) is 17.9 Å². The van der Waals surface area contributed by atoms with E-state index in [9.17, 15) is 14.8 Å². The highest BCUT2D eigenvalue weighted by Crippen LogP contribution is 1.97. The average Bonchev–Trinajstić information content (AvgIpc) is 2.21. The molecule has 0 fully saturated rings. The molecule has 0 spiro atoms. The van der Waals surface area contributed by atoms with E-state index in [4.69, 9.17) is 5.11 Å². The van der Waals surface area contributed by atoms with Crippen LogP contribution in [-0.2, 0) is 19.2 Å². The molecule has 0 radical (unpaired) electrons. The van der Waals surface area contributed by atoms with Gasteiger partial charge in [-0.3, -0.25) is 14.4 Å². The van der Waals surface area contributed by atoms with Crippen LogP contribution in [-0.4, -0.2) is 46.9 Å². The Morgan fingerprint density at radius 3 is 2.65 bits per heavy atom. The quantitative estimate of drug-likeness (QED) is 0.224. The number of aliphatic carboxylic acids is 1. The topological polar surface area (TPSA) is 114 Å². The van der Waals surface area contributed by atoms with E-state index < -0.39 is 18.2 Å². The van der Waals surface area contributed by atoms with E-state index in [0.29, 0.717) is 0 Å². The van der Waals surface area contributed by atoms with Crippen LogP contribution < -0.4 is 0 Å². The highest BCUT2D eigenvalue weighted by molar-refractivity contribution is 5.66. The first-order chi connectivity index (χ1) is 7.82. The lowest BCUT2D eigenvalue weighted by Gasteiger charge is -2.12. The Morgan fingerprint density at radius 2 is 2.18 bits per heavy atom.